The molecule has 2 aromatic carbocycles. The maximum atomic E-state index is 11.9. The van der Waals surface area contributed by atoms with Gasteiger partial charge in [-0.2, -0.15) is 5.21 Å². The monoisotopic (exact) mass is 452 g/mol. The van der Waals surface area contributed by atoms with Crippen molar-refractivity contribution in [3.05, 3.63) is 83.7 Å². The summed E-state index contributed by atoms with van der Waals surface area (Å²) in [6, 6.07) is 19.4. The van der Waals surface area contributed by atoms with Crippen molar-refractivity contribution in [2.24, 2.45) is 0 Å². The zero-order chi connectivity index (χ0) is 23.5. The number of nitrogens with one attached hydrogen (secondary N) is 1. The number of unbranched alkanes of at least 4 members (excludes halogenated alkanes) is 1. The number of aromatic carboxylic acids is 1. The van der Waals surface area contributed by atoms with Crippen molar-refractivity contribution < 1.29 is 9.90 Å². The Hall–Kier alpha value is -4.33. The molecule has 0 saturated heterocycles. The number of pyridine rings is 1. The number of para-hydroxylation sites is 1. The van der Waals surface area contributed by atoms with E-state index in [1.807, 2.05) is 48.7 Å². The van der Waals surface area contributed by atoms with Gasteiger partial charge in [0.15, 0.2) is 0 Å². The first-order chi connectivity index (χ1) is 16.7. The summed E-state index contributed by atoms with van der Waals surface area (Å²) in [7, 11) is 0. The number of hydrogen-bond acceptors (Lipinski definition) is 5. The maximum absolute atomic E-state index is 11.9. The van der Waals surface area contributed by atoms with E-state index in [9.17, 15) is 9.90 Å². The fourth-order valence-electron chi connectivity index (χ4n) is 4.34. The van der Waals surface area contributed by atoms with Crippen LogP contribution in [0.4, 0.5) is 0 Å². The Kier molecular flexibility index (Phi) is 5.86. The number of hydrogen-bond donors (Lipinski definition) is 2. The largest absolute Gasteiger partial charge is 0.478 e. The quantitative estimate of drug-likeness (QED) is 0.344. The van der Waals surface area contributed by atoms with Gasteiger partial charge in [0.05, 0.1) is 16.8 Å². The van der Waals surface area contributed by atoms with Crippen molar-refractivity contribution in [2.45, 2.75) is 32.7 Å². The molecular formula is C26H24N6O2. The fraction of sp³-hybridized carbons (Fsp3) is 0.192. The first-order valence-corrected chi connectivity index (χ1v) is 11.3. The van der Waals surface area contributed by atoms with Gasteiger partial charge in [-0.15, -0.1) is 10.2 Å². The Morgan fingerprint density at radius 2 is 1.91 bits per heavy atom. The first-order valence-electron chi connectivity index (χ1n) is 11.3. The van der Waals surface area contributed by atoms with Crippen LogP contribution in [0.5, 0.6) is 0 Å². The Bertz CT molecular complexity index is 1440. The summed E-state index contributed by atoms with van der Waals surface area (Å²) in [5.41, 5.74) is 5.78. The zero-order valence-corrected chi connectivity index (χ0v) is 18.8. The summed E-state index contributed by atoms with van der Waals surface area (Å²) in [5.74, 6) is -0.402. The lowest BCUT2D eigenvalue weighted by atomic mass is 10.0. The predicted octanol–water partition coefficient (Wildman–Crippen LogP) is 4.97. The number of aryl methyl sites for hydroxylation is 1. The number of tetrazole rings is 1. The molecule has 0 saturated carbocycles. The molecule has 8 nitrogen and oxygen atoms in total. The highest BCUT2D eigenvalue weighted by atomic mass is 16.4. The van der Waals surface area contributed by atoms with E-state index in [2.05, 4.69) is 38.2 Å². The Morgan fingerprint density at radius 3 is 2.62 bits per heavy atom. The van der Waals surface area contributed by atoms with Crippen molar-refractivity contribution in [3.63, 3.8) is 0 Å². The van der Waals surface area contributed by atoms with Gasteiger partial charge >= 0.3 is 5.97 Å². The van der Waals surface area contributed by atoms with Gasteiger partial charge in [-0.05, 0) is 41.8 Å². The minimum absolute atomic E-state index is 0.318. The first kappa shape index (κ1) is 21.5. The summed E-state index contributed by atoms with van der Waals surface area (Å²) in [4.78, 5) is 16.6. The highest BCUT2D eigenvalue weighted by Gasteiger charge is 2.17. The summed E-state index contributed by atoms with van der Waals surface area (Å²) in [6.07, 6.45) is 4.86. The smallest absolute Gasteiger partial charge is 0.337 e. The predicted molar refractivity (Wildman–Crippen MR) is 129 cm³/mol. The molecule has 2 N–H and O–H groups in total. The normalized spacial score (nSPS) is 11.2. The molecule has 0 aliphatic rings. The Balaban J connectivity index is 1.52. The molecule has 0 unspecified atom stereocenters. The second-order valence-corrected chi connectivity index (χ2v) is 8.21. The standard InChI is InChI=1S/C26H24N6O2/c1-2-3-8-19-14-18-7-6-11-22(26(33)34)24(18)32(19)16-17-12-13-23(27-15-17)20-9-4-5-10-21(20)25-28-30-31-29-25/h4-7,9-15H,2-3,8,16H2,1H3,(H,33,34)(H,28,29,30,31). The molecule has 3 aromatic heterocycles. The minimum atomic E-state index is -0.918. The third-order valence-corrected chi connectivity index (χ3v) is 5.98. The lowest BCUT2D eigenvalue weighted by molar-refractivity contribution is 0.0698. The number of fused-ring (bicyclic) bond motifs is 1. The lowest BCUT2D eigenvalue weighted by Gasteiger charge is -2.13. The number of carboxylic acids is 1. The summed E-state index contributed by atoms with van der Waals surface area (Å²) in [5, 5.41) is 25.1. The van der Waals surface area contributed by atoms with Crippen molar-refractivity contribution in [3.8, 4) is 22.6 Å². The van der Waals surface area contributed by atoms with Gasteiger partial charge in [0, 0.05) is 34.9 Å². The average molecular weight is 453 g/mol. The van der Waals surface area contributed by atoms with Crippen LogP contribution in [-0.2, 0) is 13.0 Å². The van der Waals surface area contributed by atoms with Gasteiger partial charge in [0.25, 0.3) is 0 Å². The molecule has 0 aliphatic heterocycles. The van der Waals surface area contributed by atoms with E-state index in [0.29, 0.717) is 17.9 Å². The van der Waals surface area contributed by atoms with Crippen molar-refractivity contribution >= 4 is 16.9 Å². The molecule has 170 valence electrons. The highest BCUT2D eigenvalue weighted by Crippen LogP contribution is 2.29. The molecule has 3 heterocycles. The lowest BCUT2D eigenvalue weighted by Crippen LogP contribution is -2.08. The number of carbonyl (C=O) groups is 1. The second-order valence-electron chi connectivity index (χ2n) is 8.21. The average Bonchev–Trinajstić information content (AvgIpc) is 3.52. The number of nitrogens with zero attached hydrogens (tertiary/aromatic N) is 5. The second kappa shape index (κ2) is 9.27. The van der Waals surface area contributed by atoms with Gasteiger partial charge in [-0.25, -0.2) is 4.79 Å². The highest BCUT2D eigenvalue weighted by molar-refractivity contribution is 6.02. The number of rotatable bonds is 8. The molecule has 0 amide bonds. The number of aromatic amines is 1. The van der Waals surface area contributed by atoms with Gasteiger partial charge in [0.1, 0.15) is 0 Å². The number of H-pyrrole nitrogens is 1. The number of benzene rings is 2. The van der Waals surface area contributed by atoms with E-state index >= 15 is 0 Å². The molecule has 0 spiro atoms. The topological polar surface area (TPSA) is 110 Å². The van der Waals surface area contributed by atoms with Gasteiger partial charge < -0.3 is 9.67 Å². The van der Waals surface area contributed by atoms with Gasteiger partial charge in [0.2, 0.25) is 5.82 Å². The van der Waals surface area contributed by atoms with E-state index in [-0.39, 0.29) is 0 Å². The van der Waals surface area contributed by atoms with Crippen LogP contribution in [0.3, 0.4) is 0 Å². The Morgan fingerprint density at radius 1 is 1.06 bits per heavy atom. The molecule has 5 rings (SSSR count). The summed E-state index contributed by atoms with van der Waals surface area (Å²) < 4.78 is 2.12. The molecule has 0 atom stereocenters. The fourth-order valence-corrected chi connectivity index (χ4v) is 4.34. The van der Waals surface area contributed by atoms with Crippen molar-refractivity contribution in [2.75, 3.05) is 0 Å². The molecule has 0 aliphatic carbocycles. The zero-order valence-electron chi connectivity index (χ0n) is 18.8. The third kappa shape index (κ3) is 4.05. The van der Waals surface area contributed by atoms with Crippen molar-refractivity contribution in [1.29, 1.82) is 0 Å². The SMILES string of the molecule is CCCCc1cc2cccc(C(=O)O)c2n1Cc1ccc(-c2ccccc2-c2nn[nH]n2)nc1. The molecule has 0 bridgehead atoms. The van der Waals surface area contributed by atoms with Crippen LogP contribution < -0.4 is 0 Å². The summed E-state index contributed by atoms with van der Waals surface area (Å²) >= 11 is 0. The van der Waals surface area contributed by atoms with Gasteiger partial charge in [-0.1, -0.05) is 55.8 Å². The number of aromatic nitrogens is 6. The molecule has 5 aromatic rings. The van der Waals surface area contributed by atoms with Gasteiger partial charge in [-0.3, -0.25) is 4.98 Å². The summed E-state index contributed by atoms with van der Waals surface area (Å²) in [6.45, 7) is 2.71. The maximum Gasteiger partial charge on any atom is 0.337 e. The van der Waals surface area contributed by atoms with Crippen LogP contribution in [0.15, 0.2) is 66.9 Å². The Labute approximate surface area is 196 Å². The van der Waals surface area contributed by atoms with Crippen LogP contribution in [-0.4, -0.2) is 41.3 Å². The van der Waals surface area contributed by atoms with E-state index < -0.39 is 5.97 Å². The van der Waals surface area contributed by atoms with Crippen LogP contribution >= 0.6 is 0 Å². The van der Waals surface area contributed by atoms with Crippen molar-refractivity contribution in [1.82, 2.24) is 30.2 Å². The molecule has 0 radical (unpaired) electrons. The van der Waals surface area contributed by atoms with E-state index in [0.717, 1.165) is 58.2 Å². The van der Waals surface area contributed by atoms with E-state index in [4.69, 9.17) is 4.98 Å². The van der Waals surface area contributed by atoms with Crippen LogP contribution in [0, 0.1) is 0 Å². The molecular weight excluding hydrogens is 428 g/mol. The van der Waals surface area contributed by atoms with E-state index in [1.54, 1.807) is 12.1 Å². The number of carboxylic acid groups (broad SMARTS) is 1. The third-order valence-electron chi connectivity index (χ3n) is 5.98. The van der Waals surface area contributed by atoms with Crippen LogP contribution in [0.25, 0.3) is 33.5 Å². The molecule has 34 heavy (non-hydrogen) atoms. The molecule has 0 fully saturated rings. The van der Waals surface area contributed by atoms with Crippen LogP contribution in [0.1, 0.15) is 41.4 Å². The van der Waals surface area contributed by atoms with Crippen LogP contribution in [0.2, 0.25) is 0 Å². The molecule has 8 heteroatoms. The van der Waals surface area contributed by atoms with E-state index in [1.165, 1.54) is 0 Å². The minimum Gasteiger partial charge on any atom is -0.478 e.